The van der Waals surface area contributed by atoms with E-state index in [2.05, 4.69) is 205 Å². The van der Waals surface area contributed by atoms with Gasteiger partial charge in [0.15, 0.2) is 0 Å². The number of hydrogen-bond donors (Lipinski definition) is 0. The van der Waals surface area contributed by atoms with Crippen molar-refractivity contribution in [3.8, 4) is 34.6 Å². The molecule has 2 heterocycles. The molecule has 2 aliphatic heterocycles. The summed E-state index contributed by atoms with van der Waals surface area (Å²) in [6.07, 6.45) is 9.92. The van der Waals surface area contributed by atoms with E-state index in [1.807, 2.05) is 0 Å². The van der Waals surface area contributed by atoms with E-state index < -0.39 is 0 Å². The molecular formula is C57H42N2. The van der Waals surface area contributed by atoms with E-state index in [0.29, 0.717) is 0 Å². The van der Waals surface area contributed by atoms with E-state index in [9.17, 15) is 0 Å². The van der Waals surface area contributed by atoms with Crippen molar-refractivity contribution in [3.05, 3.63) is 215 Å². The van der Waals surface area contributed by atoms with Crippen LogP contribution in [0.2, 0.25) is 0 Å². The topological polar surface area (TPSA) is 6.48 Å². The lowest BCUT2D eigenvalue weighted by atomic mass is 9.85. The van der Waals surface area contributed by atoms with Crippen LogP contribution in [0.1, 0.15) is 33.4 Å². The summed E-state index contributed by atoms with van der Waals surface area (Å²) in [5.41, 5.74) is 19.6. The summed E-state index contributed by atoms with van der Waals surface area (Å²) in [5, 5.41) is 4.84. The lowest BCUT2D eigenvalue weighted by Gasteiger charge is -2.29. The fraction of sp³-hybridized carbons (Fsp3) is 0.0877. The number of para-hydroxylation sites is 4. The number of aryl methyl sites for hydroxylation is 5. The highest BCUT2D eigenvalue weighted by Gasteiger charge is 2.26. The van der Waals surface area contributed by atoms with Gasteiger partial charge in [-0.25, -0.2) is 0 Å². The maximum Gasteiger partial charge on any atom is 0.0493 e. The maximum atomic E-state index is 5.91. The highest BCUT2D eigenvalue weighted by molar-refractivity contribution is 6.22. The Morgan fingerprint density at radius 1 is 0.390 bits per heavy atom. The zero-order valence-electron chi connectivity index (χ0n) is 33.1. The standard InChI is InChI=1S/C57H42N2/c1-3-39-22-26-45(27-23-39)57-49-35-33-46(58-52-16-8-4-12-40(52)28-29-41-13-5-9-17-53(41)58)36-50(49)56(44-24-20-38(2)21-25-44)48-34-32-47(37-51(48)57)59-54-18-10-6-14-42(54)30-31-43-15-7-11-19-55(43)59/h1,4-27,32-37H,28-31H2,2H3. The molecule has 0 aliphatic carbocycles. The highest BCUT2D eigenvalue weighted by atomic mass is 15.2. The summed E-state index contributed by atoms with van der Waals surface area (Å²) in [5.74, 6) is 2.84. The molecule has 0 bridgehead atoms. The molecule has 0 fully saturated rings. The van der Waals surface area contributed by atoms with E-state index in [1.54, 1.807) is 0 Å². The fourth-order valence-electron chi connectivity index (χ4n) is 9.67. The van der Waals surface area contributed by atoms with Crippen molar-refractivity contribution in [1.29, 1.82) is 0 Å². The molecule has 0 unspecified atom stereocenters. The summed E-state index contributed by atoms with van der Waals surface area (Å²) in [4.78, 5) is 4.97. The molecule has 0 saturated carbocycles. The van der Waals surface area contributed by atoms with Crippen LogP contribution in [0.25, 0.3) is 43.8 Å². The van der Waals surface area contributed by atoms with Crippen molar-refractivity contribution in [1.82, 2.24) is 0 Å². The van der Waals surface area contributed by atoms with Gasteiger partial charge >= 0.3 is 0 Å². The Balaban J connectivity index is 1.24. The minimum absolute atomic E-state index is 0.873. The normalized spacial score (nSPS) is 13.2. The van der Waals surface area contributed by atoms with E-state index in [1.165, 1.54) is 88.8 Å². The third kappa shape index (κ3) is 5.89. The van der Waals surface area contributed by atoms with Gasteiger partial charge in [0.2, 0.25) is 0 Å². The van der Waals surface area contributed by atoms with Gasteiger partial charge in [0.25, 0.3) is 0 Å². The molecule has 0 N–H and O–H groups in total. The van der Waals surface area contributed by atoms with Crippen molar-refractivity contribution in [2.75, 3.05) is 9.80 Å². The van der Waals surface area contributed by atoms with Crippen molar-refractivity contribution < 1.29 is 0 Å². The number of anilines is 6. The minimum Gasteiger partial charge on any atom is -0.310 e. The van der Waals surface area contributed by atoms with E-state index in [4.69, 9.17) is 6.42 Å². The number of rotatable bonds is 4. The lowest BCUT2D eigenvalue weighted by molar-refractivity contribution is 0.977. The Hall–Kier alpha value is -7.34. The number of fused-ring (bicyclic) bond motifs is 6. The first kappa shape index (κ1) is 34.9. The predicted molar refractivity (Wildman–Crippen MR) is 249 cm³/mol. The minimum atomic E-state index is 0.873. The number of terminal acetylenes is 1. The molecule has 0 amide bonds. The van der Waals surface area contributed by atoms with Gasteiger partial charge in [-0.15, -0.1) is 6.42 Å². The van der Waals surface area contributed by atoms with E-state index >= 15 is 0 Å². The van der Waals surface area contributed by atoms with Gasteiger partial charge in [-0.05, 0) is 159 Å². The van der Waals surface area contributed by atoms with E-state index in [0.717, 1.165) is 48.2 Å². The van der Waals surface area contributed by atoms with Gasteiger partial charge in [0.1, 0.15) is 0 Å². The Morgan fingerprint density at radius 2 is 0.746 bits per heavy atom. The average Bonchev–Trinajstić information content (AvgIpc) is 3.57. The molecule has 0 saturated heterocycles. The Morgan fingerprint density at radius 3 is 1.12 bits per heavy atom. The first-order valence-electron chi connectivity index (χ1n) is 20.7. The van der Waals surface area contributed by atoms with Crippen LogP contribution in [0.5, 0.6) is 0 Å². The van der Waals surface area contributed by atoms with Gasteiger partial charge in [0.05, 0.1) is 0 Å². The maximum absolute atomic E-state index is 5.91. The number of hydrogen-bond acceptors (Lipinski definition) is 2. The zero-order chi connectivity index (χ0) is 39.5. The van der Waals surface area contributed by atoms with Crippen LogP contribution in [-0.2, 0) is 25.7 Å². The van der Waals surface area contributed by atoms with Gasteiger partial charge < -0.3 is 9.80 Å². The van der Waals surface area contributed by atoms with Crippen LogP contribution in [-0.4, -0.2) is 0 Å². The van der Waals surface area contributed by atoms with E-state index in [-0.39, 0.29) is 0 Å². The molecule has 0 atom stereocenters. The monoisotopic (exact) mass is 754 g/mol. The first-order chi connectivity index (χ1) is 29.1. The van der Waals surface area contributed by atoms with Crippen LogP contribution in [0.3, 0.4) is 0 Å². The van der Waals surface area contributed by atoms with Crippen molar-refractivity contribution in [2.24, 2.45) is 0 Å². The van der Waals surface area contributed by atoms with Crippen molar-refractivity contribution >= 4 is 55.7 Å². The average molecular weight is 755 g/mol. The summed E-state index contributed by atoms with van der Waals surface area (Å²) in [6, 6.07) is 67.5. The highest BCUT2D eigenvalue weighted by Crippen LogP contribution is 2.50. The van der Waals surface area contributed by atoms with Crippen LogP contribution in [0.4, 0.5) is 34.1 Å². The second-order valence-electron chi connectivity index (χ2n) is 16.0. The quantitative estimate of drug-likeness (QED) is 0.130. The lowest BCUT2D eigenvalue weighted by Crippen LogP contribution is -2.12. The third-order valence-electron chi connectivity index (χ3n) is 12.5. The molecule has 2 heteroatoms. The molecule has 2 aliphatic rings. The zero-order valence-corrected chi connectivity index (χ0v) is 33.1. The summed E-state index contributed by atoms with van der Waals surface area (Å²) >= 11 is 0. The van der Waals surface area contributed by atoms with Gasteiger partial charge in [-0.2, -0.15) is 0 Å². The molecule has 280 valence electrons. The first-order valence-corrected chi connectivity index (χ1v) is 20.7. The Labute approximate surface area is 346 Å². The van der Waals surface area contributed by atoms with Gasteiger partial charge in [0, 0.05) is 39.7 Å². The second-order valence-corrected chi connectivity index (χ2v) is 16.0. The Bertz CT molecular complexity index is 3030. The smallest absolute Gasteiger partial charge is 0.0493 e. The molecule has 59 heavy (non-hydrogen) atoms. The van der Waals surface area contributed by atoms with Crippen molar-refractivity contribution in [3.63, 3.8) is 0 Å². The molecule has 9 aromatic rings. The summed E-state index contributed by atoms with van der Waals surface area (Å²) in [6.45, 7) is 2.17. The number of benzene rings is 9. The largest absolute Gasteiger partial charge is 0.310 e. The molecule has 2 nitrogen and oxygen atoms in total. The molecule has 11 rings (SSSR count). The second kappa shape index (κ2) is 14.2. The predicted octanol–water partition coefficient (Wildman–Crippen LogP) is 14.8. The summed E-state index contributed by atoms with van der Waals surface area (Å²) < 4.78 is 0. The molecule has 0 spiro atoms. The molecular weight excluding hydrogens is 713 g/mol. The number of nitrogens with zero attached hydrogens (tertiary/aromatic N) is 2. The SMILES string of the molecule is C#Cc1ccc(-c2c3ccc(N4c5ccccc5CCc5ccccc54)cc3c(-c3ccc(C)cc3)c3ccc(N4c5ccccc5CCc5ccccc54)cc23)cc1. The fourth-order valence-corrected chi connectivity index (χ4v) is 9.67. The van der Waals surface area contributed by atoms with Crippen LogP contribution in [0, 0.1) is 19.3 Å². The molecule has 0 radical (unpaired) electrons. The molecule has 9 aromatic carbocycles. The van der Waals surface area contributed by atoms with Gasteiger partial charge in [-0.3, -0.25) is 0 Å². The van der Waals surface area contributed by atoms with Crippen molar-refractivity contribution in [2.45, 2.75) is 32.6 Å². The van der Waals surface area contributed by atoms with Crippen LogP contribution < -0.4 is 9.80 Å². The van der Waals surface area contributed by atoms with Crippen LogP contribution >= 0.6 is 0 Å². The van der Waals surface area contributed by atoms with Gasteiger partial charge in [-0.1, -0.05) is 133 Å². The van der Waals surface area contributed by atoms with Crippen LogP contribution in [0.15, 0.2) is 182 Å². The molecule has 0 aromatic heterocycles. The summed E-state index contributed by atoms with van der Waals surface area (Å²) in [7, 11) is 0. The Kier molecular flexibility index (Phi) is 8.42. The third-order valence-corrected chi connectivity index (χ3v) is 12.5.